The second-order valence-electron chi connectivity index (χ2n) is 2.24. The van der Waals surface area contributed by atoms with Crippen LogP contribution in [-0.4, -0.2) is 36.0 Å². The van der Waals surface area contributed by atoms with E-state index in [1.54, 1.807) is 6.20 Å². The SMILES string of the molecule is CCCN(/C=C/C=O)CCO. The van der Waals surface area contributed by atoms with E-state index in [0.29, 0.717) is 6.54 Å². The van der Waals surface area contributed by atoms with E-state index in [4.69, 9.17) is 5.11 Å². The number of aliphatic hydroxyl groups excluding tert-OH is 1. The lowest BCUT2D eigenvalue weighted by Gasteiger charge is -2.17. The highest BCUT2D eigenvalue weighted by atomic mass is 16.3. The molecule has 0 rings (SSSR count). The first kappa shape index (κ1) is 10.2. The van der Waals surface area contributed by atoms with Gasteiger partial charge in [0.2, 0.25) is 0 Å². The molecule has 0 aromatic rings. The third-order valence-corrected chi connectivity index (χ3v) is 1.27. The lowest BCUT2D eigenvalue weighted by molar-refractivity contribution is -0.104. The van der Waals surface area contributed by atoms with Crippen LogP contribution in [0.2, 0.25) is 0 Å². The highest BCUT2D eigenvalue weighted by molar-refractivity contribution is 5.64. The van der Waals surface area contributed by atoms with Crippen LogP contribution in [0.25, 0.3) is 0 Å². The third kappa shape index (κ3) is 5.61. The van der Waals surface area contributed by atoms with E-state index in [9.17, 15) is 4.79 Å². The van der Waals surface area contributed by atoms with Gasteiger partial charge in [0.25, 0.3) is 0 Å². The molecule has 0 aliphatic heterocycles. The number of aldehydes is 1. The number of hydrogen-bond acceptors (Lipinski definition) is 3. The first-order chi connectivity index (χ1) is 5.35. The zero-order valence-corrected chi connectivity index (χ0v) is 6.86. The number of carbonyl (C=O) groups is 1. The van der Waals surface area contributed by atoms with Crippen molar-refractivity contribution in [1.82, 2.24) is 4.90 Å². The van der Waals surface area contributed by atoms with Gasteiger partial charge in [-0.2, -0.15) is 0 Å². The molecule has 1 N–H and O–H groups in total. The Morgan fingerprint density at radius 2 is 2.18 bits per heavy atom. The Kier molecular flexibility index (Phi) is 6.73. The Hall–Kier alpha value is -0.830. The van der Waals surface area contributed by atoms with Crippen molar-refractivity contribution in [3.05, 3.63) is 12.3 Å². The van der Waals surface area contributed by atoms with Gasteiger partial charge < -0.3 is 10.0 Å². The maximum Gasteiger partial charge on any atom is 0.144 e. The number of carbonyl (C=O) groups excluding carboxylic acids is 1. The second kappa shape index (κ2) is 7.28. The molecule has 0 radical (unpaired) electrons. The fourth-order valence-corrected chi connectivity index (χ4v) is 0.833. The highest BCUT2D eigenvalue weighted by Crippen LogP contribution is 1.90. The van der Waals surface area contributed by atoms with Crippen molar-refractivity contribution in [3.63, 3.8) is 0 Å². The molecule has 0 heterocycles. The molecule has 0 aromatic carbocycles. The largest absolute Gasteiger partial charge is 0.395 e. The number of hydrogen-bond donors (Lipinski definition) is 1. The quantitative estimate of drug-likeness (QED) is 0.448. The van der Waals surface area contributed by atoms with Gasteiger partial charge in [0.05, 0.1) is 6.61 Å². The van der Waals surface area contributed by atoms with Crippen LogP contribution in [0, 0.1) is 0 Å². The minimum Gasteiger partial charge on any atom is -0.395 e. The van der Waals surface area contributed by atoms with Crippen molar-refractivity contribution < 1.29 is 9.90 Å². The monoisotopic (exact) mass is 157 g/mol. The van der Waals surface area contributed by atoms with E-state index in [1.807, 2.05) is 4.90 Å². The van der Waals surface area contributed by atoms with Crippen LogP contribution in [0.5, 0.6) is 0 Å². The lowest BCUT2D eigenvalue weighted by atomic mass is 10.4. The Morgan fingerprint density at radius 1 is 1.45 bits per heavy atom. The van der Waals surface area contributed by atoms with E-state index in [1.165, 1.54) is 6.08 Å². The van der Waals surface area contributed by atoms with Crippen LogP contribution < -0.4 is 0 Å². The summed E-state index contributed by atoms with van der Waals surface area (Å²) in [5.74, 6) is 0. The van der Waals surface area contributed by atoms with E-state index < -0.39 is 0 Å². The van der Waals surface area contributed by atoms with E-state index in [2.05, 4.69) is 6.92 Å². The van der Waals surface area contributed by atoms with Crippen molar-refractivity contribution in [2.24, 2.45) is 0 Å². The van der Waals surface area contributed by atoms with Gasteiger partial charge in [-0.15, -0.1) is 0 Å². The Labute approximate surface area is 67.3 Å². The third-order valence-electron chi connectivity index (χ3n) is 1.27. The normalized spacial score (nSPS) is 10.4. The summed E-state index contributed by atoms with van der Waals surface area (Å²) < 4.78 is 0. The van der Waals surface area contributed by atoms with Gasteiger partial charge in [-0.3, -0.25) is 4.79 Å². The summed E-state index contributed by atoms with van der Waals surface area (Å²) in [5.41, 5.74) is 0. The van der Waals surface area contributed by atoms with Gasteiger partial charge in [-0.1, -0.05) is 6.92 Å². The molecule has 0 spiro atoms. The van der Waals surface area contributed by atoms with Gasteiger partial charge in [0.1, 0.15) is 6.29 Å². The lowest BCUT2D eigenvalue weighted by Crippen LogP contribution is -2.21. The predicted molar refractivity (Wildman–Crippen MR) is 44.2 cm³/mol. The number of aliphatic hydroxyl groups is 1. The topological polar surface area (TPSA) is 40.5 Å². The van der Waals surface area contributed by atoms with E-state index in [0.717, 1.165) is 19.3 Å². The van der Waals surface area contributed by atoms with Crippen molar-refractivity contribution >= 4 is 6.29 Å². The second-order valence-corrected chi connectivity index (χ2v) is 2.24. The highest BCUT2D eigenvalue weighted by Gasteiger charge is 1.93. The molecule has 0 atom stereocenters. The first-order valence-electron chi connectivity index (χ1n) is 3.82. The summed E-state index contributed by atoms with van der Waals surface area (Å²) in [6.07, 6.45) is 4.89. The maximum absolute atomic E-state index is 9.94. The smallest absolute Gasteiger partial charge is 0.144 e. The summed E-state index contributed by atoms with van der Waals surface area (Å²) in [6, 6.07) is 0. The molecule has 0 unspecified atom stereocenters. The molecule has 0 amide bonds. The molecule has 0 bridgehead atoms. The summed E-state index contributed by atoms with van der Waals surface area (Å²) in [5, 5.41) is 8.60. The van der Waals surface area contributed by atoms with Gasteiger partial charge >= 0.3 is 0 Å². The van der Waals surface area contributed by atoms with E-state index in [-0.39, 0.29) is 6.61 Å². The standard InChI is InChI=1S/C8H15NO2/c1-2-4-9(6-8-11)5-3-7-10/h3,5,7,11H,2,4,6,8H2,1H3/b5-3+. The minimum atomic E-state index is 0.128. The minimum absolute atomic E-state index is 0.128. The first-order valence-corrected chi connectivity index (χ1v) is 3.82. The zero-order valence-electron chi connectivity index (χ0n) is 6.86. The fourth-order valence-electron chi connectivity index (χ4n) is 0.833. The molecule has 3 nitrogen and oxygen atoms in total. The van der Waals surface area contributed by atoms with Crippen LogP contribution in [0.3, 0.4) is 0 Å². The fraction of sp³-hybridized carbons (Fsp3) is 0.625. The molecule has 0 saturated carbocycles. The van der Waals surface area contributed by atoms with Crippen LogP contribution in [0.4, 0.5) is 0 Å². The summed E-state index contributed by atoms with van der Waals surface area (Å²) in [6.45, 7) is 3.66. The Bertz CT molecular complexity index is 117. The molecule has 0 aliphatic carbocycles. The van der Waals surface area contributed by atoms with Crippen molar-refractivity contribution in [2.75, 3.05) is 19.7 Å². The molecule has 11 heavy (non-hydrogen) atoms. The summed E-state index contributed by atoms with van der Waals surface area (Å²) >= 11 is 0. The Balaban J connectivity index is 3.67. The molecule has 0 fully saturated rings. The van der Waals surface area contributed by atoms with Gasteiger partial charge in [-0.05, 0) is 12.5 Å². The molecular formula is C8H15NO2. The predicted octanol–water partition coefficient (Wildman–Crippen LogP) is 0.403. The number of allylic oxidation sites excluding steroid dienone is 1. The van der Waals surface area contributed by atoms with E-state index >= 15 is 0 Å². The molecule has 0 saturated heterocycles. The van der Waals surface area contributed by atoms with Gasteiger partial charge in [-0.25, -0.2) is 0 Å². The molecule has 3 heteroatoms. The van der Waals surface area contributed by atoms with Gasteiger partial charge in [0.15, 0.2) is 0 Å². The molecule has 0 aliphatic rings. The van der Waals surface area contributed by atoms with Crippen LogP contribution in [-0.2, 0) is 4.79 Å². The van der Waals surface area contributed by atoms with Crippen molar-refractivity contribution in [3.8, 4) is 0 Å². The molecular weight excluding hydrogens is 142 g/mol. The van der Waals surface area contributed by atoms with Gasteiger partial charge in [0, 0.05) is 19.3 Å². The molecule has 64 valence electrons. The maximum atomic E-state index is 9.94. The molecule has 0 aromatic heterocycles. The summed E-state index contributed by atoms with van der Waals surface area (Å²) in [7, 11) is 0. The van der Waals surface area contributed by atoms with Crippen LogP contribution in [0.15, 0.2) is 12.3 Å². The number of nitrogens with zero attached hydrogens (tertiary/aromatic N) is 1. The number of rotatable bonds is 6. The Morgan fingerprint density at radius 3 is 2.64 bits per heavy atom. The average molecular weight is 157 g/mol. The van der Waals surface area contributed by atoms with Crippen LogP contribution >= 0.6 is 0 Å². The average Bonchev–Trinajstić information content (AvgIpc) is 2.01. The van der Waals surface area contributed by atoms with Crippen molar-refractivity contribution in [2.45, 2.75) is 13.3 Å². The zero-order chi connectivity index (χ0) is 8.53. The summed E-state index contributed by atoms with van der Waals surface area (Å²) in [4.78, 5) is 11.9. The van der Waals surface area contributed by atoms with Crippen LogP contribution in [0.1, 0.15) is 13.3 Å². The van der Waals surface area contributed by atoms with Crippen molar-refractivity contribution in [1.29, 1.82) is 0 Å².